The maximum atomic E-state index is 12.5. The highest BCUT2D eigenvalue weighted by atomic mass is 19.4. The zero-order chi connectivity index (χ0) is 12.5. The number of pyridine rings is 1. The maximum absolute atomic E-state index is 12.5. The minimum atomic E-state index is -4.38. The molecule has 3 nitrogen and oxygen atoms in total. The van der Waals surface area contributed by atoms with Gasteiger partial charge in [-0.15, -0.1) is 0 Å². The molecule has 0 radical (unpaired) electrons. The molecule has 1 atom stereocenters. The topological polar surface area (TPSA) is 28.2 Å². The van der Waals surface area contributed by atoms with Gasteiger partial charge in [-0.05, 0) is 19.1 Å². The first-order valence-corrected chi connectivity index (χ1v) is 5.48. The fraction of sp³-hybridized carbons (Fsp3) is 0.545. The summed E-state index contributed by atoms with van der Waals surface area (Å²) in [5.41, 5.74) is -0.248. The average Bonchev–Trinajstić information content (AvgIpc) is 2.28. The number of nitrogens with one attached hydrogen (secondary N) is 1. The highest BCUT2D eigenvalue weighted by molar-refractivity contribution is 5.47. The van der Waals surface area contributed by atoms with E-state index in [1.165, 1.54) is 6.20 Å². The third-order valence-corrected chi connectivity index (χ3v) is 2.77. The number of hydrogen-bond donors (Lipinski definition) is 1. The quantitative estimate of drug-likeness (QED) is 0.819. The Morgan fingerprint density at radius 3 is 2.88 bits per heavy atom. The van der Waals surface area contributed by atoms with Crippen LogP contribution in [0, 0.1) is 0 Å². The van der Waals surface area contributed by atoms with Crippen molar-refractivity contribution in [1.29, 1.82) is 0 Å². The van der Waals surface area contributed by atoms with Crippen LogP contribution in [0.3, 0.4) is 0 Å². The molecule has 1 aromatic rings. The second kappa shape index (κ2) is 4.52. The molecule has 0 bridgehead atoms. The van der Waals surface area contributed by atoms with Gasteiger partial charge >= 0.3 is 6.18 Å². The summed E-state index contributed by atoms with van der Waals surface area (Å²) in [5.74, 6) is 0. The molecule has 1 N–H and O–H groups in total. The van der Waals surface area contributed by atoms with E-state index in [0.29, 0.717) is 18.8 Å². The first kappa shape index (κ1) is 12.2. The molecule has 1 aromatic heterocycles. The number of alkyl halides is 3. The van der Waals surface area contributed by atoms with Crippen molar-refractivity contribution in [2.24, 2.45) is 0 Å². The van der Waals surface area contributed by atoms with Crippen LogP contribution < -0.4 is 10.2 Å². The smallest absolute Gasteiger partial charge is 0.369 e. The largest absolute Gasteiger partial charge is 0.433 e. The van der Waals surface area contributed by atoms with Crippen molar-refractivity contribution in [3.8, 4) is 0 Å². The van der Waals surface area contributed by atoms with E-state index < -0.39 is 11.9 Å². The molecule has 0 saturated carbocycles. The zero-order valence-corrected chi connectivity index (χ0v) is 9.46. The van der Waals surface area contributed by atoms with Crippen molar-refractivity contribution >= 4 is 5.69 Å². The van der Waals surface area contributed by atoms with Crippen molar-refractivity contribution < 1.29 is 13.2 Å². The van der Waals surface area contributed by atoms with E-state index in [4.69, 9.17) is 0 Å². The molecule has 17 heavy (non-hydrogen) atoms. The lowest BCUT2D eigenvalue weighted by molar-refractivity contribution is -0.141. The first-order chi connectivity index (χ1) is 7.97. The Morgan fingerprint density at radius 1 is 1.47 bits per heavy atom. The number of piperazine rings is 1. The zero-order valence-electron chi connectivity index (χ0n) is 9.46. The van der Waals surface area contributed by atoms with E-state index in [2.05, 4.69) is 10.3 Å². The lowest BCUT2D eigenvalue weighted by atomic mass is 10.2. The van der Waals surface area contributed by atoms with E-state index in [0.717, 1.165) is 12.6 Å². The molecular weight excluding hydrogens is 231 g/mol. The molecule has 0 unspecified atom stereocenters. The fourth-order valence-corrected chi connectivity index (χ4v) is 1.94. The highest BCUT2D eigenvalue weighted by Crippen LogP contribution is 2.29. The normalized spacial score (nSPS) is 21.6. The van der Waals surface area contributed by atoms with Crippen LogP contribution in [0.15, 0.2) is 18.3 Å². The monoisotopic (exact) mass is 245 g/mol. The third kappa shape index (κ3) is 2.88. The Labute approximate surface area is 97.6 Å². The standard InChI is InChI=1S/C11H14F3N3/c1-8-7-17(5-4-15-8)9-2-3-16-10(6-9)11(12,13)14/h2-3,6,8,15H,4-5,7H2,1H3/t8-/m0/s1. The summed E-state index contributed by atoms with van der Waals surface area (Å²) in [6.07, 6.45) is -3.17. The van der Waals surface area contributed by atoms with Crippen LogP contribution in [0.1, 0.15) is 12.6 Å². The van der Waals surface area contributed by atoms with Gasteiger partial charge in [-0.3, -0.25) is 4.98 Å². The lowest BCUT2D eigenvalue weighted by Gasteiger charge is -2.33. The van der Waals surface area contributed by atoms with Gasteiger partial charge in [0.05, 0.1) is 0 Å². The third-order valence-electron chi connectivity index (χ3n) is 2.77. The van der Waals surface area contributed by atoms with Gasteiger partial charge in [0.1, 0.15) is 5.69 Å². The van der Waals surface area contributed by atoms with Crippen LogP contribution in [0.2, 0.25) is 0 Å². The molecule has 0 aliphatic carbocycles. The summed E-state index contributed by atoms with van der Waals surface area (Å²) >= 11 is 0. The van der Waals surface area contributed by atoms with Gasteiger partial charge in [-0.2, -0.15) is 13.2 Å². The molecule has 2 rings (SSSR count). The highest BCUT2D eigenvalue weighted by Gasteiger charge is 2.33. The Morgan fingerprint density at radius 2 is 2.24 bits per heavy atom. The van der Waals surface area contributed by atoms with Gasteiger partial charge in [0.15, 0.2) is 0 Å². The van der Waals surface area contributed by atoms with Crippen molar-refractivity contribution in [3.63, 3.8) is 0 Å². The number of nitrogens with zero attached hydrogens (tertiary/aromatic N) is 2. The minimum Gasteiger partial charge on any atom is -0.369 e. The summed E-state index contributed by atoms with van der Waals surface area (Å²) < 4.78 is 37.6. The van der Waals surface area contributed by atoms with Gasteiger partial charge in [0.2, 0.25) is 0 Å². The van der Waals surface area contributed by atoms with Gasteiger partial charge in [-0.25, -0.2) is 0 Å². The molecule has 2 heterocycles. The molecule has 1 aliphatic rings. The molecule has 94 valence electrons. The van der Waals surface area contributed by atoms with Crippen molar-refractivity contribution in [2.75, 3.05) is 24.5 Å². The van der Waals surface area contributed by atoms with E-state index in [1.807, 2.05) is 11.8 Å². The second-order valence-electron chi connectivity index (χ2n) is 4.20. The van der Waals surface area contributed by atoms with Crippen LogP contribution >= 0.6 is 0 Å². The molecule has 0 spiro atoms. The van der Waals surface area contributed by atoms with Crippen LogP contribution in [0.4, 0.5) is 18.9 Å². The maximum Gasteiger partial charge on any atom is 0.433 e. The minimum absolute atomic E-state index is 0.284. The van der Waals surface area contributed by atoms with E-state index in [9.17, 15) is 13.2 Å². The summed E-state index contributed by atoms with van der Waals surface area (Å²) in [6, 6.07) is 3.01. The predicted molar refractivity (Wildman–Crippen MR) is 58.9 cm³/mol. The van der Waals surface area contributed by atoms with Crippen LogP contribution in [-0.4, -0.2) is 30.7 Å². The number of aromatic nitrogens is 1. The number of hydrogen-bond acceptors (Lipinski definition) is 3. The predicted octanol–water partition coefficient (Wildman–Crippen LogP) is 1.90. The molecule has 6 heteroatoms. The van der Waals surface area contributed by atoms with Gasteiger partial charge < -0.3 is 10.2 Å². The molecule has 1 fully saturated rings. The van der Waals surface area contributed by atoms with Crippen molar-refractivity contribution in [1.82, 2.24) is 10.3 Å². The fourth-order valence-electron chi connectivity index (χ4n) is 1.94. The molecule has 0 aromatic carbocycles. The lowest BCUT2D eigenvalue weighted by Crippen LogP contribution is -2.49. The SMILES string of the molecule is C[C@H]1CN(c2ccnc(C(F)(F)F)c2)CCN1. The van der Waals surface area contributed by atoms with Crippen LogP contribution in [-0.2, 0) is 6.18 Å². The summed E-state index contributed by atoms with van der Waals surface area (Å²) in [7, 11) is 0. The Balaban J connectivity index is 2.21. The molecule has 1 saturated heterocycles. The van der Waals surface area contributed by atoms with E-state index in [1.54, 1.807) is 6.07 Å². The summed E-state index contributed by atoms with van der Waals surface area (Å²) in [6.45, 7) is 4.22. The number of halogens is 3. The first-order valence-electron chi connectivity index (χ1n) is 5.48. The van der Waals surface area contributed by atoms with Gasteiger partial charge in [-0.1, -0.05) is 0 Å². The molecule has 1 aliphatic heterocycles. The Hall–Kier alpha value is -1.30. The number of rotatable bonds is 1. The second-order valence-corrected chi connectivity index (χ2v) is 4.20. The molecule has 0 amide bonds. The number of anilines is 1. The van der Waals surface area contributed by atoms with Gasteiger partial charge in [0, 0.05) is 37.6 Å². The summed E-state index contributed by atoms with van der Waals surface area (Å²) in [5, 5.41) is 3.25. The van der Waals surface area contributed by atoms with E-state index >= 15 is 0 Å². The Kier molecular flexibility index (Phi) is 3.24. The summed E-state index contributed by atoms with van der Waals surface area (Å²) in [4.78, 5) is 5.30. The van der Waals surface area contributed by atoms with Gasteiger partial charge in [0.25, 0.3) is 0 Å². The van der Waals surface area contributed by atoms with Crippen molar-refractivity contribution in [3.05, 3.63) is 24.0 Å². The molecular formula is C11H14F3N3. The van der Waals surface area contributed by atoms with Crippen molar-refractivity contribution in [2.45, 2.75) is 19.1 Å². The van der Waals surface area contributed by atoms with Crippen LogP contribution in [0.5, 0.6) is 0 Å². The van der Waals surface area contributed by atoms with Crippen LogP contribution in [0.25, 0.3) is 0 Å². The average molecular weight is 245 g/mol. The van der Waals surface area contributed by atoms with E-state index in [-0.39, 0.29) is 6.04 Å². The Bertz CT molecular complexity index is 392.